The number of para-hydroxylation sites is 1. The standard InChI is InChI=1S/C16H15BrN6O/c1-22-15-12(13(17)21-22)14(18-9-19-15)20-11-7-8-23(16(11)24)10-5-3-2-4-6-10/h2-6,9,11H,7-8H2,1H3,(H,18,19,20). The summed E-state index contributed by atoms with van der Waals surface area (Å²) in [6.07, 6.45) is 2.20. The van der Waals surface area contributed by atoms with E-state index in [-0.39, 0.29) is 11.9 Å². The molecule has 0 aliphatic carbocycles. The summed E-state index contributed by atoms with van der Waals surface area (Å²) in [5, 5.41) is 8.35. The van der Waals surface area contributed by atoms with E-state index in [4.69, 9.17) is 0 Å². The van der Waals surface area contributed by atoms with Crippen molar-refractivity contribution in [3.63, 3.8) is 0 Å². The third kappa shape index (κ3) is 2.43. The Bertz CT molecular complexity index is 910. The van der Waals surface area contributed by atoms with Crippen LogP contribution in [0.1, 0.15) is 6.42 Å². The predicted molar refractivity (Wildman–Crippen MR) is 94.8 cm³/mol. The van der Waals surface area contributed by atoms with Crippen LogP contribution in [0, 0.1) is 0 Å². The van der Waals surface area contributed by atoms with Gasteiger partial charge in [0.2, 0.25) is 5.91 Å². The van der Waals surface area contributed by atoms with Crippen molar-refractivity contribution in [2.45, 2.75) is 12.5 Å². The molecule has 1 saturated heterocycles. The number of rotatable bonds is 3. The van der Waals surface area contributed by atoms with Crippen molar-refractivity contribution in [3.8, 4) is 0 Å². The number of nitrogens with zero attached hydrogens (tertiary/aromatic N) is 5. The van der Waals surface area contributed by atoms with Crippen LogP contribution in [0.3, 0.4) is 0 Å². The Morgan fingerprint density at radius 2 is 2.04 bits per heavy atom. The molecular formula is C16H15BrN6O. The van der Waals surface area contributed by atoms with E-state index in [2.05, 4.69) is 36.3 Å². The number of halogens is 1. The van der Waals surface area contributed by atoms with Crippen LogP contribution in [0.25, 0.3) is 11.0 Å². The van der Waals surface area contributed by atoms with Gasteiger partial charge in [0, 0.05) is 19.3 Å². The maximum Gasteiger partial charge on any atom is 0.249 e. The molecule has 1 aliphatic heterocycles. The van der Waals surface area contributed by atoms with Gasteiger partial charge in [0.15, 0.2) is 5.65 Å². The summed E-state index contributed by atoms with van der Waals surface area (Å²) < 4.78 is 2.34. The van der Waals surface area contributed by atoms with E-state index in [0.29, 0.717) is 22.6 Å². The van der Waals surface area contributed by atoms with E-state index in [1.54, 1.807) is 9.58 Å². The molecule has 0 bridgehead atoms. The van der Waals surface area contributed by atoms with Gasteiger partial charge in [0.25, 0.3) is 0 Å². The molecule has 1 amide bonds. The van der Waals surface area contributed by atoms with Gasteiger partial charge in [-0.3, -0.25) is 4.79 Å². The highest BCUT2D eigenvalue weighted by Crippen LogP contribution is 2.29. The van der Waals surface area contributed by atoms with Gasteiger partial charge in [0.05, 0.1) is 5.39 Å². The van der Waals surface area contributed by atoms with Gasteiger partial charge < -0.3 is 10.2 Å². The molecule has 1 unspecified atom stereocenters. The van der Waals surface area contributed by atoms with E-state index in [1.807, 2.05) is 37.4 Å². The van der Waals surface area contributed by atoms with Crippen molar-refractivity contribution in [3.05, 3.63) is 41.3 Å². The molecule has 8 heteroatoms. The highest BCUT2D eigenvalue weighted by Gasteiger charge is 2.33. The van der Waals surface area contributed by atoms with Crippen LogP contribution in [-0.4, -0.2) is 38.2 Å². The molecule has 1 aliphatic rings. The van der Waals surface area contributed by atoms with Crippen molar-refractivity contribution in [2.24, 2.45) is 7.05 Å². The number of amides is 1. The second-order valence-electron chi connectivity index (χ2n) is 5.65. The van der Waals surface area contributed by atoms with Gasteiger partial charge in [-0.2, -0.15) is 5.10 Å². The second-order valence-corrected chi connectivity index (χ2v) is 6.40. The third-order valence-electron chi connectivity index (χ3n) is 4.16. The zero-order valence-electron chi connectivity index (χ0n) is 13.0. The van der Waals surface area contributed by atoms with Gasteiger partial charge in [-0.15, -0.1) is 0 Å². The smallest absolute Gasteiger partial charge is 0.249 e. The number of hydrogen-bond donors (Lipinski definition) is 1. The molecule has 3 aromatic rings. The number of carbonyl (C=O) groups is 1. The van der Waals surface area contributed by atoms with Crippen molar-refractivity contribution in [2.75, 3.05) is 16.8 Å². The molecule has 0 saturated carbocycles. The number of fused-ring (bicyclic) bond motifs is 1. The lowest BCUT2D eigenvalue weighted by molar-refractivity contribution is -0.117. The molecule has 0 radical (unpaired) electrons. The summed E-state index contributed by atoms with van der Waals surface area (Å²) in [4.78, 5) is 23.1. The quantitative estimate of drug-likeness (QED) is 0.747. The SMILES string of the molecule is Cn1nc(Br)c2c(NC3CCN(c4ccccc4)C3=O)ncnc21. The van der Waals surface area contributed by atoms with E-state index >= 15 is 0 Å². The lowest BCUT2D eigenvalue weighted by atomic mass is 10.2. The fraction of sp³-hybridized carbons (Fsp3) is 0.250. The van der Waals surface area contributed by atoms with E-state index in [9.17, 15) is 4.79 Å². The Hall–Kier alpha value is -2.48. The molecule has 0 spiro atoms. The lowest BCUT2D eigenvalue weighted by Crippen LogP contribution is -2.33. The first-order valence-corrected chi connectivity index (χ1v) is 8.40. The summed E-state index contributed by atoms with van der Waals surface area (Å²) in [6.45, 7) is 0.683. The molecule has 1 atom stereocenters. The minimum Gasteiger partial charge on any atom is -0.358 e. The fourth-order valence-corrected chi connectivity index (χ4v) is 3.60. The van der Waals surface area contributed by atoms with Gasteiger partial charge in [-0.1, -0.05) is 18.2 Å². The maximum absolute atomic E-state index is 12.7. The molecule has 1 aromatic carbocycles. The van der Waals surface area contributed by atoms with Crippen molar-refractivity contribution >= 4 is 44.4 Å². The first kappa shape index (κ1) is 15.1. The zero-order valence-corrected chi connectivity index (χ0v) is 14.6. The van der Waals surface area contributed by atoms with Gasteiger partial charge in [-0.05, 0) is 34.5 Å². The molecule has 24 heavy (non-hydrogen) atoms. The van der Waals surface area contributed by atoms with Crippen LogP contribution in [-0.2, 0) is 11.8 Å². The van der Waals surface area contributed by atoms with Gasteiger partial charge in [0.1, 0.15) is 22.8 Å². The minimum absolute atomic E-state index is 0.0491. The van der Waals surface area contributed by atoms with Crippen molar-refractivity contribution in [1.82, 2.24) is 19.7 Å². The first-order chi connectivity index (χ1) is 11.6. The molecule has 1 fully saturated rings. The predicted octanol–water partition coefficient (Wildman–Crippen LogP) is 2.34. The van der Waals surface area contributed by atoms with Crippen LogP contribution in [0.15, 0.2) is 41.3 Å². The molecular weight excluding hydrogens is 372 g/mol. The average molecular weight is 387 g/mol. The number of nitrogens with one attached hydrogen (secondary N) is 1. The summed E-state index contributed by atoms with van der Waals surface area (Å²) >= 11 is 3.43. The van der Waals surface area contributed by atoms with Crippen LogP contribution in [0.5, 0.6) is 0 Å². The number of benzene rings is 1. The van der Waals surface area contributed by atoms with Crippen LogP contribution < -0.4 is 10.2 Å². The molecule has 4 rings (SSSR count). The Labute approximate surface area is 146 Å². The molecule has 122 valence electrons. The number of carbonyl (C=O) groups excluding carboxylic acids is 1. The Morgan fingerprint density at radius 1 is 1.25 bits per heavy atom. The molecule has 3 heterocycles. The Morgan fingerprint density at radius 3 is 2.83 bits per heavy atom. The van der Waals surface area contributed by atoms with E-state index in [1.165, 1.54) is 6.33 Å². The van der Waals surface area contributed by atoms with Crippen molar-refractivity contribution < 1.29 is 4.79 Å². The van der Waals surface area contributed by atoms with Crippen LogP contribution >= 0.6 is 15.9 Å². The van der Waals surface area contributed by atoms with Crippen molar-refractivity contribution in [1.29, 1.82) is 0 Å². The topological polar surface area (TPSA) is 75.9 Å². The summed E-state index contributed by atoms with van der Waals surface area (Å²) in [6, 6.07) is 9.39. The number of hydrogen-bond acceptors (Lipinski definition) is 5. The van der Waals surface area contributed by atoms with Gasteiger partial charge in [-0.25, -0.2) is 14.6 Å². The van der Waals surface area contributed by atoms with E-state index < -0.39 is 0 Å². The first-order valence-electron chi connectivity index (χ1n) is 7.61. The largest absolute Gasteiger partial charge is 0.358 e. The second kappa shape index (κ2) is 5.86. The highest BCUT2D eigenvalue weighted by atomic mass is 79.9. The Kier molecular flexibility index (Phi) is 3.68. The minimum atomic E-state index is -0.310. The Balaban J connectivity index is 1.62. The number of anilines is 2. The monoisotopic (exact) mass is 386 g/mol. The average Bonchev–Trinajstić information content (AvgIpc) is 3.10. The van der Waals surface area contributed by atoms with Crippen LogP contribution in [0.2, 0.25) is 0 Å². The maximum atomic E-state index is 12.7. The molecule has 2 aromatic heterocycles. The van der Waals surface area contributed by atoms with E-state index in [0.717, 1.165) is 17.5 Å². The van der Waals surface area contributed by atoms with Crippen LogP contribution in [0.4, 0.5) is 11.5 Å². The number of aryl methyl sites for hydroxylation is 1. The number of aromatic nitrogens is 4. The fourth-order valence-electron chi connectivity index (χ4n) is 2.99. The summed E-state index contributed by atoms with van der Waals surface area (Å²) in [7, 11) is 1.82. The van der Waals surface area contributed by atoms with Gasteiger partial charge >= 0.3 is 0 Å². The third-order valence-corrected chi connectivity index (χ3v) is 4.72. The normalized spacial score (nSPS) is 17.7. The highest BCUT2D eigenvalue weighted by molar-refractivity contribution is 9.10. The zero-order chi connectivity index (χ0) is 16.7. The molecule has 7 nitrogen and oxygen atoms in total. The summed E-state index contributed by atoms with van der Waals surface area (Å²) in [5.41, 5.74) is 1.63. The summed E-state index contributed by atoms with van der Waals surface area (Å²) in [5.74, 6) is 0.668. The molecule has 1 N–H and O–H groups in total. The lowest BCUT2D eigenvalue weighted by Gasteiger charge is -2.17.